The number of thioether (sulfide) groups is 1. The van der Waals surface area contributed by atoms with Gasteiger partial charge in [-0.3, -0.25) is 14.2 Å². The summed E-state index contributed by atoms with van der Waals surface area (Å²) in [6.45, 7) is 13.0. The van der Waals surface area contributed by atoms with Crippen LogP contribution >= 0.6 is 23.1 Å². The number of hydrogen-bond acceptors (Lipinski definition) is 5. The number of rotatable bonds is 7. The fourth-order valence-corrected chi connectivity index (χ4v) is 5.92. The van der Waals surface area contributed by atoms with E-state index in [1.165, 1.54) is 22.2 Å². The molecular formula is C21H29N3O2S2. The largest absolute Gasteiger partial charge is 0.352 e. The Kier molecular flexibility index (Phi) is 6.65. The molecule has 1 N–H and O–H groups in total. The van der Waals surface area contributed by atoms with Gasteiger partial charge in [0, 0.05) is 18.0 Å². The molecule has 28 heavy (non-hydrogen) atoms. The van der Waals surface area contributed by atoms with E-state index in [0.717, 1.165) is 29.5 Å². The second kappa shape index (κ2) is 8.82. The topological polar surface area (TPSA) is 64.0 Å². The Morgan fingerprint density at radius 3 is 2.89 bits per heavy atom. The fraction of sp³-hybridized carbons (Fsp3) is 0.571. The average Bonchev–Trinajstić information content (AvgIpc) is 2.99. The lowest BCUT2D eigenvalue weighted by molar-refractivity contribution is -0.120. The van der Waals surface area contributed by atoms with E-state index in [1.54, 1.807) is 22.0 Å². The van der Waals surface area contributed by atoms with Crippen molar-refractivity contribution in [2.24, 2.45) is 11.8 Å². The molecule has 0 saturated heterocycles. The number of nitrogens with zero attached hydrogens (tertiary/aromatic N) is 2. The monoisotopic (exact) mass is 419 g/mol. The Bertz CT molecular complexity index is 945. The summed E-state index contributed by atoms with van der Waals surface area (Å²) in [7, 11) is 0. The van der Waals surface area contributed by atoms with Crippen LogP contribution in [0.15, 0.2) is 22.6 Å². The number of aromatic nitrogens is 2. The highest BCUT2D eigenvalue weighted by atomic mass is 32.2. The number of hydrogen-bond donors (Lipinski definition) is 1. The third kappa shape index (κ3) is 4.35. The molecule has 0 aliphatic heterocycles. The number of amides is 1. The zero-order valence-corrected chi connectivity index (χ0v) is 18.7. The molecule has 1 amide bonds. The van der Waals surface area contributed by atoms with Gasteiger partial charge in [0.15, 0.2) is 5.16 Å². The lowest BCUT2D eigenvalue weighted by atomic mass is 9.89. The molecule has 0 aromatic carbocycles. The summed E-state index contributed by atoms with van der Waals surface area (Å²) in [6, 6.07) is 0. The number of carbonyl (C=O) groups excluding carboxylic acids is 1. The Hall–Kier alpha value is -1.60. The molecule has 0 fully saturated rings. The van der Waals surface area contributed by atoms with Gasteiger partial charge in [-0.05, 0) is 43.6 Å². The van der Waals surface area contributed by atoms with Crippen LogP contribution in [0.25, 0.3) is 10.2 Å². The van der Waals surface area contributed by atoms with Gasteiger partial charge in [-0.15, -0.1) is 17.9 Å². The third-order valence-corrected chi connectivity index (χ3v) is 7.24. The van der Waals surface area contributed by atoms with Crippen LogP contribution in [0.2, 0.25) is 0 Å². The van der Waals surface area contributed by atoms with Crippen molar-refractivity contribution in [2.75, 3.05) is 6.54 Å². The lowest BCUT2D eigenvalue weighted by Crippen LogP contribution is -2.32. The summed E-state index contributed by atoms with van der Waals surface area (Å²) in [6.07, 6.45) is 4.77. The van der Waals surface area contributed by atoms with Crippen molar-refractivity contribution in [3.8, 4) is 0 Å². The molecule has 1 aliphatic rings. The quantitative estimate of drug-likeness (QED) is 0.418. The molecule has 5 nitrogen and oxygen atoms in total. The van der Waals surface area contributed by atoms with Crippen LogP contribution in [-0.2, 0) is 24.2 Å². The number of nitrogens with one attached hydrogen (secondary N) is 1. The molecule has 0 radical (unpaired) electrons. The highest BCUT2D eigenvalue weighted by Crippen LogP contribution is 2.37. The molecule has 0 unspecified atom stereocenters. The second-order valence-electron chi connectivity index (χ2n) is 8.03. The predicted octanol–water partition coefficient (Wildman–Crippen LogP) is 4.02. The fourth-order valence-electron chi connectivity index (χ4n) is 3.55. The average molecular weight is 420 g/mol. The van der Waals surface area contributed by atoms with Crippen LogP contribution < -0.4 is 10.9 Å². The van der Waals surface area contributed by atoms with E-state index in [1.807, 2.05) is 6.92 Å². The molecule has 0 saturated carbocycles. The van der Waals surface area contributed by atoms with E-state index in [0.29, 0.717) is 30.1 Å². The van der Waals surface area contributed by atoms with Crippen molar-refractivity contribution in [3.05, 3.63) is 33.4 Å². The minimum atomic E-state index is -0.336. The Morgan fingerprint density at radius 2 is 2.21 bits per heavy atom. The molecule has 152 valence electrons. The predicted molar refractivity (Wildman–Crippen MR) is 118 cm³/mol. The molecule has 2 atom stereocenters. The van der Waals surface area contributed by atoms with Crippen LogP contribution in [-0.4, -0.2) is 27.3 Å². The summed E-state index contributed by atoms with van der Waals surface area (Å²) in [5.41, 5.74) is 1.26. The molecular weight excluding hydrogens is 390 g/mol. The van der Waals surface area contributed by atoms with Crippen LogP contribution in [0.5, 0.6) is 0 Å². The van der Waals surface area contributed by atoms with Crippen molar-refractivity contribution >= 4 is 39.2 Å². The molecule has 1 aliphatic carbocycles. The van der Waals surface area contributed by atoms with Crippen molar-refractivity contribution in [2.45, 2.75) is 63.9 Å². The van der Waals surface area contributed by atoms with E-state index in [2.05, 4.69) is 32.7 Å². The molecule has 2 aromatic heterocycles. The molecule has 3 rings (SSSR count). The molecule has 0 spiro atoms. The van der Waals surface area contributed by atoms with Crippen molar-refractivity contribution in [1.29, 1.82) is 0 Å². The number of thiophene rings is 1. The molecule has 7 heteroatoms. The Morgan fingerprint density at radius 1 is 1.46 bits per heavy atom. The maximum Gasteiger partial charge on any atom is 0.263 e. The standard InChI is InChI=1S/C21H29N3O2S2/c1-6-9-22-18(25)14(5)27-21-23-19-17(20(26)24(21)11-12(2)3)15-8-7-13(4)10-16(15)28-19/h6,12-14H,1,7-11H2,2-5H3,(H,22,25)/t13-,14-/m1/s1. The van der Waals surface area contributed by atoms with Crippen molar-refractivity contribution in [1.82, 2.24) is 14.9 Å². The van der Waals surface area contributed by atoms with Gasteiger partial charge in [-0.2, -0.15) is 0 Å². The summed E-state index contributed by atoms with van der Waals surface area (Å²) in [5, 5.41) is 3.93. The maximum atomic E-state index is 13.4. The maximum absolute atomic E-state index is 13.4. The van der Waals surface area contributed by atoms with Gasteiger partial charge in [0.05, 0.1) is 10.6 Å². The van der Waals surface area contributed by atoms with E-state index in [-0.39, 0.29) is 16.7 Å². The first-order chi connectivity index (χ1) is 13.3. The Balaban J connectivity index is 2.04. The first-order valence-corrected chi connectivity index (χ1v) is 11.6. The first-order valence-electron chi connectivity index (χ1n) is 9.92. The van der Waals surface area contributed by atoms with Gasteiger partial charge in [-0.1, -0.05) is 38.6 Å². The molecule has 2 aromatic rings. The minimum absolute atomic E-state index is 0.0481. The summed E-state index contributed by atoms with van der Waals surface area (Å²) in [5.74, 6) is 0.895. The second-order valence-corrected chi connectivity index (χ2v) is 10.4. The van der Waals surface area contributed by atoms with Crippen LogP contribution in [0, 0.1) is 11.8 Å². The van der Waals surface area contributed by atoms with Gasteiger partial charge in [-0.25, -0.2) is 4.98 Å². The lowest BCUT2D eigenvalue weighted by Gasteiger charge is -2.18. The van der Waals surface area contributed by atoms with E-state index in [4.69, 9.17) is 4.98 Å². The SMILES string of the molecule is C=CCNC(=O)[C@@H](C)Sc1nc2sc3c(c2c(=O)n1CC(C)C)CC[C@@H](C)C3. The van der Waals surface area contributed by atoms with Crippen molar-refractivity contribution < 1.29 is 4.79 Å². The highest BCUT2D eigenvalue weighted by molar-refractivity contribution is 8.00. The van der Waals surface area contributed by atoms with Crippen molar-refractivity contribution in [3.63, 3.8) is 0 Å². The summed E-state index contributed by atoms with van der Waals surface area (Å²) >= 11 is 3.02. The number of aryl methyl sites for hydroxylation is 1. The van der Waals surface area contributed by atoms with E-state index < -0.39 is 0 Å². The van der Waals surface area contributed by atoms with E-state index >= 15 is 0 Å². The highest BCUT2D eigenvalue weighted by Gasteiger charge is 2.26. The number of carbonyl (C=O) groups is 1. The number of fused-ring (bicyclic) bond motifs is 3. The van der Waals surface area contributed by atoms with E-state index in [9.17, 15) is 9.59 Å². The first kappa shape index (κ1) is 21.1. The molecule has 2 heterocycles. The zero-order valence-electron chi connectivity index (χ0n) is 17.1. The van der Waals surface area contributed by atoms with Gasteiger partial charge >= 0.3 is 0 Å². The van der Waals surface area contributed by atoms with Gasteiger partial charge in [0.1, 0.15) is 4.83 Å². The molecule has 0 bridgehead atoms. The smallest absolute Gasteiger partial charge is 0.263 e. The normalized spacial score (nSPS) is 17.5. The third-order valence-electron chi connectivity index (χ3n) is 5.00. The minimum Gasteiger partial charge on any atom is -0.352 e. The van der Waals surface area contributed by atoms with Gasteiger partial charge < -0.3 is 5.32 Å². The van der Waals surface area contributed by atoms with Crippen LogP contribution in [0.3, 0.4) is 0 Å². The summed E-state index contributed by atoms with van der Waals surface area (Å²) < 4.78 is 1.78. The zero-order chi connectivity index (χ0) is 20.4. The van der Waals surface area contributed by atoms with Crippen LogP contribution in [0.1, 0.15) is 44.6 Å². The van der Waals surface area contributed by atoms with Gasteiger partial charge in [0.25, 0.3) is 5.56 Å². The van der Waals surface area contributed by atoms with Gasteiger partial charge in [0.2, 0.25) is 5.91 Å². The Labute approximate surface area is 174 Å². The van der Waals surface area contributed by atoms with Crippen LogP contribution in [0.4, 0.5) is 0 Å². The summed E-state index contributed by atoms with van der Waals surface area (Å²) in [4.78, 5) is 32.7.